The first kappa shape index (κ1) is 25.3. The number of hydrogen-bond donors (Lipinski definition) is 3. The molecule has 35 heavy (non-hydrogen) atoms. The quantitative estimate of drug-likeness (QED) is 0.397. The lowest BCUT2D eigenvalue weighted by molar-refractivity contribution is -0.197. The number of carbonyl (C=O) groups excluding carboxylic acids is 2. The van der Waals surface area contributed by atoms with Crippen molar-refractivity contribution >= 4 is 28.8 Å². The number of aromatic nitrogens is 4. The Balaban J connectivity index is 1.29. The minimum absolute atomic E-state index is 0.0137. The second kappa shape index (κ2) is 10.8. The molecule has 0 aromatic carbocycles. The molecule has 2 aromatic rings. The summed E-state index contributed by atoms with van der Waals surface area (Å²) in [5, 5.41) is 5.79. The number of nitrogens with two attached hydrogens (primary N) is 1. The molecule has 0 unspecified atom stereocenters. The molecular formula is C23H35N7O5. The second-order valence-electron chi connectivity index (χ2n) is 9.49. The first-order valence-electron chi connectivity index (χ1n) is 12.2. The third-order valence-corrected chi connectivity index (χ3v) is 6.23. The maximum atomic E-state index is 13.0. The van der Waals surface area contributed by atoms with Gasteiger partial charge in [-0.15, -0.1) is 0 Å². The van der Waals surface area contributed by atoms with E-state index >= 15 is 0 Å². The smallest absolute Gasteiger partial charge is 0.252 e. The van der Waals surface area contributed by atoms with Crippen molar-refractivity contribution in [1.82, 2.24) is 30.2 Å². The van der Waals surface area contributed by atoms with Gasteiger partial charge < -0.3 is 30.6 Å². The molecule has 2 amide bonds. The topological polar surface area (TPSA) is 156 Å². The van der Waals surface area contributed by atoms with Crippen molar-refractivity contribution in [1.29, 1.82) is 0 Å². The largest absolute Gasteiger partial charge is 0.382 e. The van der Waals surface area contributed by atoms with Crippen molar-refractivity contribution in [3.05, 3.63) is 12.7 Å². The summed E-state index contributed by atoms with van der Waals surface area (Å²) < 4.78 is 20.0. The van der Waals surface area contributed by atoms with E-state index in [4.69, 9.17) is 19.9 Å². The third-order valence-electron chi connectivity index (χ3n) is 6.23. The number of fused-ring (bicyclic) bond motifs is 2. The zero-order chi connectivity index (χ0) is 25.0. The summed E-state index contributed by atoms with van der Waals surface area (Å²) in [6.07, 6.45) is 6.58. The zero-order valence-electron chi connectivity index (χ0n) is 20.5. The number of carbonyl (C=O) groups is 2. The van der Waals surface area contributed by atoms with E-state index in [0.29, 0.717) is 17.7 Å². The second-order valence-corrected chi connectivity index (χ2v) is 9.49. The summed E-state index contributed by atoms with van der Waals surface area (Å²) in [7, 11) is 0. The van der Waals surface area contributed by atoms with E-state index in [1.807, 2.05) is 13.8 Å². The Morgan fingerprint density at radius 1 is 1.00 bits per heavy atom. The number of imidazole rings is 1. The van der Waals surface area contributed by atoms with Crippen LogP contribution in [0, 0.1) is 0 Å². The van der Waals surface area contributed by atoms with Crippen molar-refractivity contribution in [3.63, 3.8) is 0 Å². The van der Waals surface area contributed by atoms with Crippen LogP contribution in [0.15, 0.2) is 12.7 Å². The molecule has 12 heteroatoms. The number of nitrogen functional groups attached to an aromatic ring is 1. The van der Waals surface area contributed by atoms with Crippen molar-refractivity contribution in [2.45, 2.75) is 89.6 Å². The summed E-state index contributed by atoms with van der Waals surface area (Å²) in [6, 6.07) is 0. The van der Waals surface area contributed by atoms with Crippen LogP contribution in [-0.2, 0) is 23.8 Å². The van der Waals surface area contributed by atoms with E-state index in [2.05, 4.69) is 25.6 Å². The first-order chi connectivity index (χ1) is 16.8. The lowest BCUT2D eigenvalue weighted by atomic mass is 10.1. The molecule has 4 N–H and O–H groups in total. The van der Waals surface area contributed by atoms with Gasteiger partial charge in [-0.1, -0.05) is 25.7 Å². The van der Waals surface area contributed by atoms with Crippen LogP contribution < -0.4 is 16.4 Å². The van der Waals surface area contributed by atoms with Gasteiger partial charge in [0.15, 0.2) is 29.6 Å². The molecule has 2 aromatic heterocycles. The minimum atomic E-state index is -0.847. The Bertz CT molecular complexity index is 1040. The summed E-state index contributed by atoms with van der Waals surface area (Å²) in [6.45, 7) is 6.46. The lowest BCUT2D eigenvalue weighted by Gasteiger charge is -2.24. The molecule has 0 radical (unpaired) electrons. The summed E-state index contributed by atoms with van der Waals surface area (Å²) in [4.78, 5) is 36.4. The molecule has 2 saturated heterocycles. The van der Waals surface area contributed by atoms with Gasteiger partial charge in [0, 0.05) is 20.0 Å². The zero-order valence-corrected chi connectivity index (χ0v) is 20.5. The lowest BCUT2D eigenvalue weighted by Crippen LogP contribution is -2.43. The van der Waals surface area contributed by atoms with Crippen molar-refractivity contribution < 1.29 is 23.8 Å². The Morgan fingerprint density at radius 3 is 2.37 bits per heavy atom. The van der Waals surface area contributed by atoms with Gasteiger partial charge in [0.1, 0.15) is 24.1 Å². The van der Waals surface area contributed by atoms with Crippen LogP contribution in [0.1, 0.15) is 65.5 Å². The number of ether oxygens (including phenoxy) is 3. The molecule has 0 aliphatic carbocycles. The van der Waals surface area contributed by atoms with Gasteiger partial charge in [0.2, 0.25) is 5.91 Å². The van der Waals surface area contributed by atoms with E-state index in [1.54, 1.807) is 10.9 Å². The predicted molar refractivity (Wildman–Crippen MR) is 127 cm³/mol. The highest BCUT2D eigenvalue weighted by molar-refractivity contribution is 5.83. The van der Waals surface area contributed by atoms with Crippen molar-refractivity contribution in [2.75, 3.05) is 18.8 Å². The van der Waals surface area contributed by atoms with Crippen LogP contribution in [0.4, 0.5) is 5.82 Å². The molecular weight excluding hydrogens is 454 g/mol. The van der Waals surface area contributed by atoms with Gasteiger partial charge in [-0.3, -0.25) is 14.2 Å². The minimum Gasteiger partial charge on any atom is -0.382 e. The highest BCUT2D eigenvalue weighted by Crippen LogP contribution is 2.43. The highest BCUT2D eigenvalue weighted by atomic mass is 16.8. The molecule has 2 aliphatic heterocycles. The van der Waals surface area contributed by atoms with Gasteiger partial charge in [0.25, 0.3) is 5.91 Å². The standard InChI is InChI=1S/C23H35N7O5/c1-14(31)25-10-8-6-4-5-7-9-11-26-21(32)17-16-18(35-23(2,3)34-16)22(33-17)30-13-29-15-19(24)27-12-28-20(15)30/h12-13,16-18,22H,4-11H2,1-3H3,(H,25,31)(H,26,32)(H2,24,27,28)/t16-,17+,18-,22-/m1/s1. The SMILES string of the molecule is CC(=O)NCCCCCCCCNC(=O)[C@H]1O[C@@H](n2cnc3c(N)ncnc32)[C@@H]2OC(C)(C)O[C@@H]21. The van der Waals surface area contributed by atoms with E-state index in [0.717, 1.165) is 45.1 Å². The summed E-state index contributed by atoms with van der Waals surface area (Å²) >= 11 is 0. The molecule has 2 aliphatic rings. The average molecular weight is 490 g/mol. The number of unbranched alkanes of at least 4 members (excludes halogenated alkanes) is 5. The Kier molecular flexibility index (Phi) is 7.82. The normalized spacial score (nSPS) is 25.0. The maximum Gasteiger partial charge on any atom is 0.252 e. The molecule has 4 rings (SSSR count). The fraction of sp³-hybridized carbons (Fsp3) is 0.696. The summed E-state index contributed by atoms with van der Waals surface area (Å²) in [5.41, 5.74) is 6.89. The van der Waals surface area contributed by atoms with E-state index < -0.39 is 30.3 Å². The van der Waals surface area contributed by atoms with Crippen LogP contribution in [0.5, 0.6) is 0 Å². The molecule has 192 valence electrons. The number of hydrogen-bond acceptors (Lipinski definition) is 9. The van der Waals surface area contributed by atoms with Gasteiger partial charge in [0.05, 0.1) is 6.33 Å². The van der Waals surface area contributed by atoms with Crippen LogP contribution in [0.25, 0.3) is 11.2 Å². The first-order valence-corrected chi connectivity index (χ1v) is 12.2. The molecule has 0 spiro atoms. The van der Waals surface area contributed by atoms with E-state index in [-0.39, 0.29) is 17.6 Å². The van der Waals surface area contributed by atoms with Gasteiger partial charge >= 0.3 is 0 Å². The molecule has 12 nitrogen and oxygen atoms in total. The van der Waals surface area contributed by atoms with Crippen LogP contribution >= 0.6 is 0 Å². The molecule has 0 saturated carbocycles. The number of nitrogens with one attached hydrogen (secondary N) is 2. The van der Waals surface area contributed by atoms with Crippen LogP contribution in [-0.4, -0.2) is 68.5 Å². The van der Waals surface area contributed by atoms with E-state index in [9.17, 15) is 9.59 Å². The number of anilines is 1. The Labute approximate surface area is 204 Å². The highest BCUT2D eigenvalue weighted by Gasteiger charge is 2.58. The summed E-state index contributed by atoms with van der Waals surface area (Å²) in [5.74, 6) is -0.785. The fourth-order valence-corrected chi connectivity index (χ4v) is 4.60. The van der Waals surface area contributed by atoms with Gasteiger partial charge in [-0.2, -0.15) is 0 Å². The number of amides is 2. The molecule has 4 atom stereocenters. The monoisotopic (exact) mass is 489 g/mol. The maximum absolute atomic E-state index is 13.0. The molecule has 0 bridgehead atoms. The van der Waals surface area contributed by atoms with Gasteiger partial charge in [-0.25, -0.2) is 15.0 Å². The Morgan fingerprint density at radius 2 is 1.66 bits per heavy atom. The van der Waals surface area contributed by atoms with Gasteiger partial charge in [-0.05, 0) is 26.7 Å². The van der Waals surface area contributed by atoms with Crippen molar-refractivity contribution in [2.24, 2.45) is 0 Å². The number of rotatable bonds is 11. The Hall–Kier alpha value is -2.83. The molecule has 2 fully saturated rings. The fourth-order valence-electron chi connectivity index (χ4n) is 4.60. The molecule has 4 heterocycles. The predicted octanol–water partition coefficient (Wildman–Crippen LogP) is 1.42. The van der Waals surface area contributed by atoms with Crippen molar-refractivity contribution in [3.8, 4) is 0 Å². The number of nitrogens with zero attached hydrogens (tertiary/aromatic N) is 4. The van der Waals surface area contributed by atoms with Crippen LogP contribution in [0.2, 0.25) is 0 Å². The van der Waals surface area contributed by atoms with E-state index in [1.165, 1.54) is 13.3 Å². The van der Waals surface area contributed by atoms with Crippen LogP contribution in [0.3, 0.4) is 0 Å². The average Bonchev–Trinajstić information content (AvgIpc) is 3.46. The third kappa shape index (κ3) is 5.88.